The second-order valence-electron chi connectivity index (χ2n) is 12.9. The van der Waals surface area contributed by atoms with Crippen LogP contribution in [0.5, 0.6) is 5.75 Å². The van der Waals surface area contributed by atoms with Crippen molar-refractivity contribution < 1.29 is 40.8 Å². The average molecular weight is 665 g/mol. The highest BCUT2D eigenvalue weighted by Crippen LogP contribution is 2.61. The Hall–Kier alpha value is -3.25. The number of nitrogens with one attached hydrogen (secondary N) is 1. The lowest BCUT2D eigenvalue weighted by Crippen LogP contribution is -2.31. The van der Waals surface area contributed by atoms with Crippen LogP contribution >= 0.6 is 7.82 Å². The van der Waals surface area contributed by atoms with Gasteiger partial charge in [-0.3, -0.25) is 23.3 Å². The molecule has 1 amide bonds. The van der Waals surface area contributed by atoms with Gasteiger partial charge >= 0.3 is 7.82 Å². The van der Waals surface area contributed by atoms with Gasteiger partial charge in [0.15, 0.2) is 24.2 Å². The van der Waals surface area contributed by atoms with Gasteiger partial charge in [-0.1, -0.05) is 27.7 Å². The number of rotatable bonds is 13. The summed E-state index contributed by atoms with van der Waals surface area (Å²) in [6, 6.07) is 3.28. The Morgan fingerprint density at radius 1 is 1.04 bits per heavy atom. The molecule has 1 fully saturated rings. The van der Waals surface area contributed by atoms with Crippen LogP contribution in [0, 0.1) is 48.5 Å². The number of halogens is 3. The van der Waals surface area contributed by atoms with Gasteiger partial charge in [-0.2, -0.15) is 5.10 Å². The molecule has 1 aliphatic carbocycles. The molecule has 5 rings (SSSR count). The van der Waals surface area contributed by atoms with Gasteiger partial charge in [-0.25, -0.2) is 22.4 Å². The lowest BCUT2D eigenvalue weighted by molar-refractivity contribution is -0.117. The number of carbonyl (C=O) groups excluding carboxylic acids is 1. The number of nitrogens with zero attached hydrogens (tertiary/aromatic N) is 3. The van der Waals surface area contributed by atoms with E-state index in [4.69, 9.17) is 18.3 Å². The minimum atomic E-state index is -3.89. The number of aryl methyl sites for hydroxylation is 1. The molecule has 250 valence electrons. The summed E-state index contributed by atoms with van der Waals surface area (Å²) in [5.41, 5.74) is 1.70. The number of benzene rings is 1. The van der Waals surface area contributed by atoms with Crippen molar-refractivity contribution in [1.29, 1.82) is 0 Å². The molecular weight excluding hydrogens is 624 g/mol. The predicted molar refractivity (Wildman–Crippen MR) is 165 cm³/mol. The maximum absolute atomic E-state index is 15.5. The third-order valence-corrected chi connectivity index (χ3v) is 9.54. The zero-order valence-corrected chi connectivity index (χ0v) is 27.8. The van der Waals surface area contributed by atoms with Crippen LogP contribution < -0.4 is 10.1 Å². The van der Waals surface area contributed by atoms with Crippen molar-refractivity contribution in [2.45, 2.75) is 73.5 Å². The molecule has 3 aromatic rings. The number of ether oxygens (including phenoxy) is 1. The molecule has 2 aromatic heterocycles. The molecule has 0 radical (unpaired) electrons. The van der Waals surface area contributed by atoms with Crippen LogP contribution in [0.1, 0.15) is 69.8 Å². The summed E-state index contributed by atoms with van der Waals surface area (Å²) in [4.78, 5) is 17.4. The largest absolute Gasteiger partial charge is 0.493 e. The molecule has 1 saturated carbocycles. The number of phosphoric ester groups is 1. The van der Waals surface area contributed by atoms with Crippen LogP contribution in [-0.4, -0.2) is 40.5 Å². The number of fused-ring (bicyclic) bond motifs is 1. The Kier molecular flexibility index (Phi) is 9.98. The quantitative estimate of drug-likeness (QED) is 0.185. The molecule has 1 N–H and O–H groups in total. The monoisotopic (exact) mass is 664 g/mol. The number of pyridine rings is 1. The number of amides is 1. The van der Waals surface area contributed by atoms with Gasteiger partial charge in [0.2, 0.25) is 5.91 Å². The standard InChI is InChI=1S/C32H40F3N4O6P/c1-18(2)14-43-46(41,44-15-19(3)4)45-17-39-21(6)30(20(5)38-39)31-27(35)9-22(13-36-31)37-29(40)11-24-23-10-25(33)26(34)12-28(23)42-16-32(24)7-8-32/h9-10,12-13,18-19,24H,7-8,11,14-17H2,1-6H3,(H,37,40). The van der Waals surface area contributed by atoms with E-state index in [1.807, 2.05) is 27.7 Å². The number of carbonyl (C=O) groups is 1. The first kappa shape index (κ1) is 34.1. The van der Waals surface area contributed by atoms with E-state index in [0.29, 0.717) is 29.1 Å². The van der Waals surface area contributed by atoms with E-state index in [2.05, 4.69) is 15.4 Å². The molecule has 1 atom stereocenters. The summed E-state index contributed by atoms with van der Waals surface area (Å²) in [7, 11) is -3.89. The normalized spacial score (nSPS) is 17.0. The van der Waals surface area contributed by atoms with E-state index in [0.717, 1.165) is 25.0 Å². The van der Waals surface area contributed by atoms with Crippen molar-refractivity contribution in [1.82, 2.24) is 14.8 Å². The molecule has 14 heteroatoms. The van der Waals surface area contributed by atoms with E-state index in [-0.39, 0.29) is 66.7 Å². The number of hydrogen-bond acceptors (Lipinski definition) is 8. The number of hydrogen-bond donors (Lipinski definition) is 1. The zero-order chi connectivity index (χ0) is 33.4. The third kappa shape index (κ3) is 7.48. The van der Waals surface area contributed by atoms with Crippen molar-refractivity contribution >= 4 is 19.4 Å². The molecule has 0 saturated heterocycles. The van der Waals surface area contributed by atoms with Crippen LogP contribution in [0.15, 0.2) is 24.4 Å². The Labute approximate surface area is 266 Å². The minimum absolute atomic E-state index is 0.0125. The second-order valence-corrected chi connectivity index (χ2v) is 14.6. The molecule has 10 nitrogen and oxygen atoms in total. The summed E-state index contributed by atoms with van der Waals surface area (Å²) >= 11 is 0. The van der Waals surface area contributed by atoms with E-state index in [1.54, 1.807) is 13.8 Å². The molecule has 1 aromatic carbocycles. The van der Waals surface area contributed by atoms with Crippen molar-refractivity contribution in [2.75, 3.05) is 25.1 Å². The fraction of sp³-hybridized carbons (Fsp3) is 0.531. The number of aromatic nitrogens is 3. The maximum Gasteiger partial charge on any atom is 0.476 e. The molecule has 2 aliphatic rings. The molecule has 0 bridgehead atoms. The molecule has 1 aliphatic heterocycles. The van der Waals surface area contributed by atoms with Crippen LogP contribution in [0.4, 0.5) is 18.9 Å². The highest BCUT2D eigenvalue weighted by atomic mass is 31.2. The van der Waals surface area contributed by atoms with E-state index < -0.39 is 31.2 Å². The number of phosphoric acid groups is 1. The van der Waals surface area contributed by atoms with Gasteiger partial charge in [0.05, 0.1) is 37.4 Å². The summed E-state index contributed by atoms with van der Waals surface area (Å²) in [5.74, 6) is -3.05. The van der Waals surface area contributed by atoms with Crippen LogP contribution in [0.25, 0.3) is 11.3 Å². The fourth-order valence-electron chi connectivity index (χ4n) is 5.54. The van der Waals surface area contributed by atoms with Gasteiger partial charge in [0.1, 0.15) is 11.4 Å². The molecule has 1 unspecified atom stereocenters. The molecule has 3 heterocycles. The van der Waals surface area contributed by atoms with E-state index in [9.17, 15) is 18.1 Å². The van der Waals surface area contributed by atoms with Gasteiger partial charge < -0.3 is 10.1 Å². The van der Waals surface area contributed by atoms with Gasteiger partial charge in [-0.05, 0) is 44.6 Å². The van der Waals surface area contributed by atoms with Gasteiger partial charge in [0, 0.05) is 46.7 Å². The van der Waals surface area contributed by atoms with Gasteiger partial charge in [-0.15, -0.1) is 0 Å². The SMILES string of the molecule is Cc1nn(COP(=O)(OCC(C)C)OCC(C)C)c(C)c1-c1ncc(NC(=O)CC2c3cc(F)c(F)cc3OCC23CC3)cc1F. The summed E-state index contributed by atoms with van der Waals surface area (Å²) in [5, 5.41) is 7.12. The Morgan fingerprint density at radius 2 is 1.70 bits per heavy atom. The first-order valence-electron chi connectivity index (χ1n) is 15.4. The zero-order valence-electron chi connectivity index (χ0n) is 26.9. The summed E-state index contributed by atoms with van der Waals surface area (Å²) in [6.45, 7) is 11.5. The minimum Gasteiger partial charge on any atom is -0.493 e. The van der Waals surface area contributed by atoms with Crippen LogP contribution in [0.3, 0.4) is 0 Å². The first-order valence-corrected chi connectivity index (χ1v) is 16.8. The first-order chi connectivity index (χ1) is 21.7. The van der Waals surface area contributed by atoms with Crippen molar-refractivity contribution in [3.05, 3.63) is 58.8 Å². The Balaban J connectivity index is 1.28. The highest BCUT2D eigenvalue weighted by Gasteiger charge is 2.54. The van der Waals surface area contributed by atoms with Crippen molar-refractivity contribution in [2.24, 2.45) is 17.3 Å². The second kappa shape index (κ2) is 13.5. The fourth-order valence-corrected chi connectivity index (χ4v) is 6.98. The van der Waals surface area contributed by atoms with E-state index >= 15 is 4.39 Å². The van der Waals surface area contributed by atoms with E-state index in [1.165, 1.54) is 16.9 Å². The summed E-state index contributed by atoms with van der Waals surface area (Å²) in [6.07, 6.45) is 2.94. The predicted octanol–water partition coefficient (Wildman–Crippen LogP) is 7.69. The van der Waals surface area contributed by atoms with Gasteiger partial charge in [0.25, 0.3) is 0 Å². The Morgan fingerprint density at radius 3 is 2.30 bits per heavy atom. The smallest absolute Gasteiger partial charge is 0.476 e. The topological polar surface area (TPSA) is 114 Å². The molecular formula is C32H40F3N4O6P. The number of anilines is 1. The van der Waals surface area contributed by atoms with Crippen molar-refractivity contribution in [3.8, 4) is 17.0 Å². The lowest BCUT2D eigenvalue weighted by Gasteiger charge is -2.33. The Bertz CT molecular complexity index is 1640. The highest BCUT2D eigenvalue weighted by molar-refractivity contribution is 7.48. The molecule has 46 heavy (non-hydrogen) atoms. The lowest BCUT2D eigenvalue weighted by atomic mass is 9.79. The van der Waals surface area contributed by atoms with Crippen LogP contribution in [-0.2, 0) is 29.7 Å². The average Bonchev–Trinajstić information content (AvgIpc) is 3.71. The third-order valence-electron chi connectivity index (χ3n) is 8.18. The summed E-state index contributed by atoms with van der Waals surface area (Å²) < 4.78 is 80.4. The van der Waals surface area contributed by atoms with Crippen LogP contribution in [0.2, 0.25) is 0 Å². The maximum atomic E-state index is 15.5. The van der Waals surface area contributed by atoms with Crippen molar-refractivity contribution in [3.63, 3.8) is 0 Å². The molecule has 1 spiro atoms.